The monoisotopic (exact) mass is 241 g/mol. The SMILES string of the molecule is COc1cc2ncnc(N)c2cc1OC.Cl. The number of hydrogen-bond acceptors (Lipinski definition) is 5. The van der Waals surface area contributed by atoms with Crippen molar-refractivity contribution in [2.24, 2.45) is 0 Å². The Bertz CT molecular complexity index is 505. The molecule has 0 bridgehead atoms. The average molecular weight is 242 g/mol. The summed E-state index contributed by atoms with van der Waals surface area (Å²) in [7, 11) is 3.15. The third-order valence-corrected chi connectivity index (χ3v) is 2.17. The lowest BCUT2D eigenvalue weighted by molar-refractivity contribution is 0.356. The minimum Gasteiger partial charge on any atom is -0.493 e. The van der Waals surface area contributed by atoms with Gasteiger partial charge in [0.05, 0.1) is 19.7 Å². The number of methoxy groups -OCH3 is 2. The first-order valence-corrected chi connectivity index (χ1v) is 4.38. The van der Waals surface area contributed by atoms with Crippen molar-refractivity contribution in [2.75, 3.05) is 20.0 Å². The summed E-state index contributed by atoms with van der Waals surface area (Å²) in [6, 6.07) is 3.54. The van der Waals surface area contributed by atoms with E-state index < -0.39 is 0 Å². The maximum absolute atomic E-state index is 5.72. The Hall–Kier alpha value is -1.75. The van der Waals surface area contributed by atoms with Gasteiger partial charge < -0.3 is 15.2 Å². The largest absolute Gasteiger partial charge is 0.493 e. The van der Waals surface area contributed by atoms with Crippen molar-refractivity contribution in [3.8, 4) is 11.5 Å². The number of hydrogen-bond donors (Lipinski definition) is 1. The minimum absolute atomic E-state index is 0. The van der Waals surface area contributed by atoms with Crippen LogP contribution in [-0.2, 0) is 0 Å². The number of fused-ring (bicyclic) bond motifs is 1. The van der Waals surface area contributed by atoms with Gasteiger partial charge in [0.1, 0.15) is 12.1 Å². The van der Waals surface area contributed by atoms with Crippen LogP contribution in [0.4, 0.5) is 5.82 Å². The van der Waals surface area contributed by atoms with Crippen LogP contribution in [0, 0.1) is 0 Å². The Morgan fingerprint density at radius 2 is 1.69 bits per heavy atom. The molecule has 5 nitrogen and oxygen atoms in total. The number of nitrogens with two attached hydrogens (primary N) is 1. The molecule has 0 aliphatic heterocycles. The van der Waals surface area contributed by atoms with Crippen molar-refractivity contribution in [1.29, 1.82) is 0 Å². The van der Waals surface area contributed by atoms with Crippen LogP contribution >= 0.6 is 12.4 Å². The summed E-state index contributed by atoms with van der Waals surface area (Å²) in [5.41, 5.74) is 6.46. The first kappa shape index (κ1) is 12.3. The lowest BCUT2D eigenvalue weighted by atomic mass is 10.2. The van der Waals surface area contributed by atoms with E-state index in [9.17, 15) is 0 Å². The van der Waals surface area contributed by atoms with Crippen molar-refractivity contribution in [3.63, 3.8) is 0 Å². The number of nitrogens with zero attached hydrogens (tertiary/aromatic N) is 2. The van der Waals surface area contributed by atoms with E-state index in [-0.39, 0.29) is 12.4 Å². The van der Waals surface area contributed by atoms with Crippen molar-refractivity contribution in [2.45, 2.75) is 0 Å². The van der Waals surface area contributed by atoms with E-state index in [1.54, 1.807) is 26.4 Å². The van der Waals surface area contributed by atoms with Gasteiger partial charge in [-0.25, -0.2) is 9.97 Å². The van der Waals surface area contributed by atoms with Crippen molar-refractivity contribution in [1.82, 2.24) is 9.97 Å². The summed E-state index contributed by atoms with van der Waals surface area (Å²) in [4.78, 5) is 8.01. The normalized spacial score (nSPS) is 9.62. The van der Waals surface area contributed by atoms with Gasteiger partial charge in [0.2, 0.25) is 0 Å². The second-order valence-electron chi connectivity index (χ2n) is 2.98. The number of benzene rings is 1. The average Bonchev–Trinajstić information content (AvgIpc) is 2.28. The van der Waals surface area contributed by atoms with Crippen molar-refractivity contribution >= 4 is 29.1 Å². The molecule has 1 heterocycles. The number of rotatable bonds is 2. The van der Waals surface area contributed by atoms with Crippen LogP contribution in [0.15, 0.2) is 18.5 Å². The van der Waals surface area contributed by atoms with Crippen molar-refractivity contribution < 1.29 is 9.47 Å². The second kappa shape index (κ2) is 4.85. The molecular formula is C10H12ClN3O2. The molecule has 0 saturated carbocycles. The Kier molecular flexibility index (Phi) is 3.73. The predicted molar refractivity (Wildman–Crippen MR) is 64.3 cm³/mol. The number of aromatic nitrogens is 2. The zero-order valence-corrected chi connectivity index (χ0v) is 9.75. The highest BCUT2D eigenvalue weighted by atomic mass is 35.5. The Balaban J connectivity index is 0.00000128. The molecular weight excluding hydrogens is 230 g/mol. The van der Waals surface area contributed by atoms with E-state index in [0.717, 1.165) is 10.9 Å². The van der Waals surface area contributed by atoms with E-state index in [1.807, 2.05) is 0 Å². The lowest BCUT2D eigenvalue weighted by Gasteiger charge is -2.08. The summed E-state index contributed by atoms with van der Waals surface area (Å²) < 4.78 is 10.3. The molecule has 86 valence electrons. The van der Waals surface area contributed by atoms with E-state index in [4.69, 9.17) is 15.2 Å². The highest BCUT2D eigenvalue weighted by Crippen LogP contribution is 2.32. The fourth-order valence-electron chi connectivity index (χ4n) is 1.40. The molecule has 1 aromatic heterocycles. The number of halogens is 1. The standard InChI is InChI=1S/C10H11N3O2.ClH/c1-14-8-3-6-7(4-9(8)15-2)12-5-13-10(6)11;/h3-5H,1-2H3,(H2,11,12,13);1H. The van der Waals surface area contributed by atoms with Crippen LogP contribution in [0.25, 0.3) is 10.9 Å². The Labute approximate surface area is 99.0 Å². The van der Waals surface area contributed by atoms with Gasteiger partial charge in [0, 0.05) is 11.5 Å². The van der Waals surface area contributed by atoms with E-state index in [2.05, 4.69) is 9.97 Å². The summed E-state index contributed by atoms with van der Waals surface area (Å²) >= 11 is 0. The highest BCUT2D eigenvalue weighted by Gasteiger charge is 2.08. The smallest absolute Gasteiger partial charge is 0.162 e. The number of ether oxygens (including phenoxy) is 2. The summed E-state index contributed by atoms with van der Waals surface area (Å²) in [6.45, 7) is 0. The van der Waals surface area contributed by atoms with Gasteiger partial charge in [-0.3, -0.25) is 0 Å². The fraction of sp³-hybridized carbons (Fsp3) is 0.200. The van der Waals surface area contributed by atoms with Crippen LogP contribution < -0.4 is 15.2 Å². The van der Waals surface area contributed by atoms with E-state index >= 15 is 0 Å². The number of anilines is 1. The molecule has 0 fully saturated rings. The molecule has 1 aromatic carbocycles. The van der Waals surface area contributed by atoms with Crippen LogP contribution in [0.2, 0.25) is 0 Å². The molecule has 0 aliphatic rings. The van der Waals surface area contributed by atoms with Crippen LogP contribution in [0.1, 0.15) is 0 Å². The molecule has 2 N–H and O–H groups in total. The van der Waals surface area contributed by atoms with Gasteiger partial charge >= 0.3 is 0 Å². The highest BCUT2D eigenvalue weighted by molar-refractivity contribution is 5.90. The summed E-state index contributed by atoms with van der Waals surface area (Å²) in [6.07, 6.45) is 1.42. The third kappa shape index (κ3) is 1.94. The second-order valence-corrected chi connectivity index (χ2v) is 2.98. The zero-order valence-electron chi connectivity index (χ0n) is 8.93. The molecule has 2 aromatic rings. The molecule has 0 spiro atoms. The first-order chi connectivity index (χ1) is 7.26. The van der Waals surface area contributed by atoms with Crippen LogP contribution in [0.3, 0.4) is 0 Å². The van der Waals surface area contributed by atoms with Gasteiger partial charge in [0.15, 0.2) is 11.5 Å². The van der Waals surface area contributed by atoms with Gasteiger partial charge in [-0.1, -0.05) is 0 Å². The lowest BCUT2D eigenvalue weighted by Crippen LogP contribution is -1.96. The molecule has 0 unspecified atom stereocenters. The predicted octanol–water partition coefficient (Wildman–Crippen LogP) is 1.65. The van der Waals surface area contributed by atoms with Gasteiger partial charge in [-0.2, -0.15) is 0 Å². The summed E-state index contributed by atoms with van der Waals surface area (Å²) in [5.74, 6) is 1.68. The van der Waals surface area contributed by atoms with Gasteiger partial charge in [-0.05, 0) is 6.07 Å². The third-order valence-electron chi connectivity index (χ3n) is 2.17. The molecule has 0 aliphatic carbocycles. The molecule has 16 heavy (non-hydrogen) atoms. The zero-order chi connectivity index (χ0) is 10.8. The molecule has 2 rings (SSSR count). The van der Waals surface area contributed by atoms with Crippen LogP contribution in [-0.4, -0.2) is 24.2 Å². The summed E-state index contributed by atoms with van der Waals surface area (Å²) in [5, 5.41) is 0.759. The topological polar surface area (TPSA) is 70.3 Å². The molecule has 6 heteroatoms. The van der Waals surface area contributed by atoms with Gasteiger partial charge in [-0.15, -0.1) is 12.4 Å². The fourth-order valence-corrected chi connectivity index (χ4v) is 1.40. The Morgan fingerprint density at radius 1 is 1.06 bits per heavy atom. The maximum atomic E-state index is 5.72. The molecule has 0 amide bonds. The van der Waals surface area contributed by atoms with E-state index in [1.165, 1.54) is 6.33 Å². The first-order valence-electron chi connectivity index (χ1n) is 4.38. The number of nitrogen functional groups attached to an aromatic ring is 1. The van der Waals surface area contributed by atoms with Crippen LogP contribution in [0.5, 0.6) is 11.5 Å². The van der Waals surface area contributed by atoms with Crippen molar-refractivity contribution in [3.05, 3.63) is 18.5 Å². The minimum atomic E-state index is 0. The molecule has 0 radical (unpaired) electrons. The molecule has 0 saturated heterocycles. The quantitative estimate of drug-likeness (QED) is 0.866. The van der Waals surface area contributed by atoms with E-state index in [0.29, 0.717) is 17.3 Å². The maximum Gasteiger partial charge on any atom is 0.162 e. The van der Waals surface area contributed by atoms with Gasteiger partial charge in [0.25, 0.3) is 0 Å². The molecule has 0 atom stereocenters. The Morgan fingerprint density at radius 3 is 2.31 bits per heavy atom.